The van der Waals surface area contributed by atoms with E-state index in [-0.39, 0.29) is 49.3 Å². The largest absolute Gasteiger partial charge is 0.493 e. The van der Waals surface area contributed by atoms with Gasteiger partial charge in [-0.3, -0.25) is 14.5 Å². The number of carbonyl (C=O) groups excluding carboxylic acids is 1. The van der Waals surface area contributed by atoms with E-state index < -0.39 is 6.04 Å². The van der Waals surface area contributed by atoms with Crippen LogP contribution in [0.2, 0.25) is 0 Å². The molecule has 7 N–H and O–H groups in total. The van der Waals surface area contributed by atoms with Crippen molar-refractivity contribution in [3.63, 3.8) is 0 Å². The Balaban J connectivity index is 0.00000576. The summed E-state index contributed by atoms with van der Waals surface area (Å²) >= 11 is 0. The maximum absolute atomic E-state index is 13.0. The number of benzene rings is 2. The second kappa shape index (κ2) is 23.2. The van der Waals surface area contributed by atoms with Crippen LogP contribution < -0.4 is 32.0 Å². The first-order valence-electron chi connectivity index (χ1n) is 15.7. The third kappa shape index (κ3) is 14.7. The van der Waals surface area contributed by atoms with E-state index in [0.717, 1.165) is 29.7 Å². The Hall–Kier alpha value is -4.23. The number of azide groups is 1. The quantitative estimate of drug-likeness (QED) is 0.0290. The minimum atomic E-state index is -0.831. The Labute approximate surface area is 294 Å². The number of nitrogens with one attached hydrogen (secondary N) is 1. The molecule has 0 bridgehead atoms. The monoisotopic (exact) mass is 705 g/mol. The van der Waals surface area contributed by atoms with E-state index in [1.54, 1.807) is 10.9 Å². The highest BCUT2D eigenvalue weighted by Crippen LogP contribution is 2.36. The van der Waals surface area contributed by atoms with Gasteiger partial charge in [0.2, 0.25) is 5.91 Å². The van der Waals surface area contributed by atoms with Gasteiger partial charge in [-0.15, -0.1) is 29.9 Å². The van der Waals surface area contributed by atoms with E-state index >= 15 is 0 Å². The van der Waals surface area contributed by atoms with Crippen molar-refractivity contribution in [2.24, 2.45) is 33.2 Å². The molecule has 264 valence electrons. The van der Waals surface area contributed by atoms with Crippen LogP contribution in [0.4, 0.5) is 0 Å². The van der Waals surface area contributed by atoms with Crippen LogP contribution in [0.5, 0.6) is 11.5 Å². The van der Waals surface area contributed by atoms with Gasteiger partial charge in [0.05, 0.1) is 19.3 Å². The van der Waals surface area contributed by atoms with Gasteiger partial charge in [0.25, 0.3) is 0 Å². The zero-order valence-corrected chi connectivity index (χ0v) is 29.2. The molecule has 0 saturated heterocycles. The number of nitrogens with two attached hydrogens (primary N) is 3. The molecule has 48 heavy (non-hydrogen) atoms. The molecule has 3 aromatic rings. The Morgan fingerprint density at radius 3 is 2.27 bits per heavy atom. The van der Waals surface area contributed by atoms with Crippen LogP contribution in [-0.4, -0.2) is 58.6 Å². The summed E-state index contributed by atoms with van der Waals surface area (Å²) in [5.41, 5.74) is 28.0. The highest BCUT2D eigenvalue weighted by Gasteiger charge is 2.21. The highest BCUT2D eigenvalue weighted by molar-refractivity contribution is 5.85. The number of hydrogen-bond donors (Lipinski definition) is 4. The molecular formula is C32H49Cl2N11O3. The highest BCUT2D eigenvalue weighted by atomic mass is 35.5. The number of hydrogen-bond acceptors (Lipinski definition) is 8. The SMILES string of the molecule is CC(C)CCOc1ccccc1-c1ccccc1OCc1cn(C[C@@H](CCCN=C(N)N)NC(=O)[C@@H](CCCCN)N=[N+]=[N-])nn1.Cl.Cl. The van der Waals surface area contributed by atoms with E-state index in [2.05, 4.69) is 44.5 Å². The molecule has 0 spiro atoms. The van der Waals surface area contributed by atoms with Crippen LogP contribution in [0.1, 0.15) is 58.1 Å². The van der Waals surface area contributed by atoms with Crippen LogP contribution in [0.3, 0.4) is 0 Å². The molecule has 0 radical (unpaired) electrons. The summed E-state index contributed by atoms with van der Waals surface area (Å²) in [5.74, 6) is 1.71. The van der Waals surface area contributed by atoms with Crippen LogP contribution in [-0.2, 0) is 17.9 Å². The number of carbonyl (C=O) groups is 1. The summed E-state index contributed by atoms with van der Waals surface area (Å²) in [6.45, 7) is 6.42. The van der Waals surface area contributed by atoms with Gasteiger partial charge in [-0.25, -0.2) is 0 Å². The molecule has 0 aliphatic rings. The molecule has 1 amide bonds. The summed E-state index contributed by atoms with van der Waals surface area (Å²) in [7, 11) is 0. The number of aromatic nitrogens is 3. The van der Waals surface area contributed by atoms with Gasteiger partial charge in [0.1, 0.15) is 29.8 Å². The number of ether oxygens (including phenoxy) is 2. The topological polar surface area (TPSA) is 217 Å². The molecule has 0 aliphatic heterocycles. The van der Waals surface area contributed by atoms with Gasteiger partial charge in [-0.05, 0) is 62.2 Å². The van der Waals surface area contributed by atoms with Crippen LogP contribution in [0, 0.1) is 5.92 Å². The lowest BCUT2D eigenvalue weighted by atomic mass is 10.0. The Kier molecular flexibility index (Phi) is 20.2. The predicted molar refractivity (Wildman–Crippen MR) is 193 cm³/mol. The second-order valence-electron chi connectivity index (χ2n) is 11.4. The average molecular weight is 707 g/mol. The van der Waals surface area contributed by atoms with Gasteiger partial charge >= 0.3 is 0 Å². The number of halogens is 2. The van der Waals surface area contributed by atoms with Crippen molar-refractivity contribution in [3.8, 4) is 22.6 Å². The van der Waals surface area contributed by atoms with Crippen molar-refractivity contribution in [3.05, 3.63) is 70.9 Å². The van der Waals surface area contributed by atoms with Crippen molar-refractivity contribution >= 4 is 36.7 Å². The number of nitrogens with zero attached hydrogens (tertiary/aromatic N) is 7. The zero-order chi connectivity index (χ0) is 33.1. The van der Waals surface area contributed by atoms with Gasteiger partial charge in [0.15, 0.2) is 5.96 Å². The predicted octanol–water partition coefficient (Wildman–Crippen LogP) is 5.14. The molecule has 0 unspecified atom stereocenters. The third-order valence-electron chi connectivity index (χ3n) is 7.16. The number of aliphatic imine (C=N–C) groups is 1. The second-order valence-corrected chi connectivity index (χ2v) is 11.4. The van der Waals surface area contributed by atoms with E-state index in [1.165, 1.54) is 0 Å². The van der Waals surface area contributed by atoms with E-state index in [1.807, 2.05) is 48.5 Å². The minimum absolute atomic E-state index is 0. The first-order chi connectivity index (χ1) is 22.3. The number of para-hydroxylation sites is 2. The van der Waals surface area contributed by atoms with E-state index in [0.29, 0.717) is 69.3 Å². The molecular weight excluding hydrogens is 657 g/mol. The van der Waals surface area contributed by atoms with Crippen LogP contribution >= 0.6 is 24.8 Å². The maximum Gasteiger partial charge on any atom is 0.229 e. The number of amides is 1. The lowest BCUT2D eigenvalue weighted by Gasteiger charge is -2.20. The standard InChI is InChI=1S/C32H47N11O3.2ClH/c1-23(2)16-19-45-29-14-5-3-11-26(29)27-12-4-6-15-30(27)46-22-25-21-43(42-39-25)20-24(10-9-18-37-32(34)35)38-31(44)28(40-41-36)13-7-8-17-33;;/h3-6,11-12,14-15,21,23-24,28H,7-10,13,16-20,22,33H2,1-2H3,(H,38,44)(H4,34,35,37);2*1H/t24-,28-;;/m1../s1. The molecule has 0 aliphatic carbocycles. The summed E-state index contributed by atoms with van der Waals surface area (Å²) < 4.78 is 14.0. The summed E-state index contributed by atoms with van der Waals surface area (Å²) in [6.07, 6.45) is 5.75. The lowest BCUT2D eigenvalue weighted by Crippen LogP contribution is -2.43. The minimum Gasteiger partial charge on any atom is -0.493 e. The Bertz CT molecular complexity index is 1440. The molecule has 1 aromatic heterocycles. The van der Waals surface area contributed by atoms with Crippen molar-refractivity contribution < 1.29 is 14.3 Å². The Morgan fingerprint density at radius 2 is 1.65 bits per heavy atom. The van der Waals surface area contributed by atoms with Gasteiger partial charge in [-0.1, -0.05) is 67.0 Å². The molecule has 14 nitrogen and oxygen atoms in total. The van der Waals surface area contributed by atoms with Crippen LogP contribution in [0.25, 0.3) is 21.6 Å². The van der Waals surface area contributed by atoms with E-state index in [9.17, 15) is 4.79 Å². The molecule has 16 heteroatoms. The number of unbranched alkanes of at least 4 members (excludes halogenated alkanes) is 1. The molecule has 1 heterocycles. The van der Waals surface area contributed by atoms with Crippen LogP contribution in [0.15, 0.2) is 64.8 Å². The number of rotatable bonds is 21. The third-order valence-corrected chi connectivity index (χ3v) is 7.16. The van der Waals surface area contributed by atoms with Gasteiger partial charge in [0, 0.05) is 28.6 Å². The van der Waals surface area contributed by atoms with Crippen molar-refractivity contribution in [1.29, 1.82) is 0 Å². The van der Waals surface area contributed by atoms with Crippen molar-refractivity contribution in [2.75, 3.05) is 19.7 Å². The van der Waals surface area contributed by atoms with Gasteiger partial charge < -0.3 is 32.0 Å². The fraction of sp³-hybridized carbons (Fsp3) is 0.500. The first-order valence-corrected chi connectivity index (χ1v) is 15.7. The zero-order valence-electron chi connectivity index (χ0n) is 27.6. The Morgan fingerprint density at radius 1 is 0.979 bits per heavy atom. The van der Waals surface area contributed by atoms with Crippen molar-refractivity contribution in [1.82, 2.24) is 20.3 Å². The summed E-state index contributed by atoms with van der Waals surface area (Å²) in [6, 6.07) is 14.6. The summed E-state index contributed by atoms with van der Waals surface area (Å²) in [4.78, 5) is 19.9. The average Bonchev–Trinajstić information content (AvgIpc) is 3.49. The molecule has 0 saturated carbocycles. The lowest BCUT2D eigenvalue weighted by molar-refractivity contribution is -0.123. The maximum atomic E-state index is 13.0. The fourth-order valence-electron chi connectivity index (χ4n) is 4.74. The molecule has 2 aromatic carbocycles. The normalized spacial score (nSPS) is 11.7. The van der Waals surface area contributed by atoms with Crippen molar-refractivity contribution in [2.45, 2.75) is 77.6 Å². The van der Waals surface area contributed by atoms with E-state index in [4.69, 9.17) is 32.2 Å². The number of guanidine groups is 1. The molecule has 0 fully saturated rings. The van der Waals surface area contributed by atoms with Gasteiger partial charge in [-0.2, -0.15) is 0 Å². The molecule has 3 rings (SSSR count). The fourth-order valence-corrected chi connectivity index (χ4v) is 4.74. The summed E-state index contributed by atoms with van der Waals surface area (Å²) in [5, 5.41) is 15.3. The smallest absolute Gasteiger partial charge is 0.229 e. The molecule has 2 atom stereocenters. The first kappa shape index (κ1) is 41.8.